The molecule has 0 bridgehead atoms. The second-order valence-corrected chi connectivity index (χ2v) is 5.71. The van der Waals surface area contributed by atoms with Gasteiger partial charge >= 0.3 is 0 Å². The van der Waals surface area contributed by atoms with Crippen molar-refractivity contribution < 1.29 is 4.39 Å². The van der Waals surface area contributed by atoms with Crippen molar-refractivity contribution in [2.45, 2.75) is 12.3 Å². The van der Waals surface area contributed by atoms with Crippen molar-refractivity contribution in [3.8, 4) is 0 Å². The molecule has 84 valence electrons. The molecule has 0 saturated heterocycles. The van der Waals surface area contributed by atoms with Gasteiger partial charge in [0.15, 0.2) is 0 Å². The molecule has 1 aromatic heterocycles. The average Bonchev–Trinajstić information content (AvgIpc) is 2.68. The Kier molecular flexibility index (Phi) is 3.67. The van der Waals surface area contributed by atoms with Gasteiger partial charge in [-0.2, -0.15) is 0 Å². The summed E-state index contributed by atoms with van der Waals surface area (Å²) in [6.07, 6.45) is 0. The molecule has 0 nitrogen and oxygen atoms in total. The molecule has 2 rings (SSSR count). The van der Waals surface area contributed by atoms with Crippen molar-refractivity contribution in [1.29, 1.82) is 0 Å². The summed E-state index contributed by atoms with van der Waals surface area (Å²) < 4.78 is 14.8. The molecule has 2 aromatic rings. The molecule has 0 aliphatic rings. The van der Waals surface area contributed by atoms with Gasteiger partial charge in [-0.05, 0) is 39.9 Å². The lowest BCUT2D eigenvalue weighted by Crippen LogP contribution is -1.97. The Hall–Kier alpha value is -0.380. The van der Waals surface area contributed by atoms with Gasteiger partial charge in [-0.25, -0.2) is 4.39 Å². The summed E-state index contributed by atoms with van der Waals surface area (Å²) in [4.78, 5) is 0.936. The van der Waals surface area contributed by atoms with E-state index in [0.717, 1.165) is 9.35 Å². The molecule has 0 spiro atoms. The van der Waals surface area contributed by atoms with Crippen LogP contribution in [0.1, 0.15) is 21.4 Å². The number of aryl methyl sites for hydroxylation is 1. The van der Waals surface area contributed by atoms with Gasteiger partial charge in [-0.1, -0.05) is 18.2 Å². The summed E-state index contributed by atoms with van der Waals surface area (Å²) in [5, 5.41) is 1.50. The highest BCUT2D eigenvalue weighted by atomic mass is 79.9. The maximum absolute atomic E-state index is 13.9. The van der Waals surface area contributed by atoms with Crippen LogP contribution in [0.25, 0.3) is 0 Å². The van der Waals surface area contributed by atoms with Crippen LogP contribution >= 0.6 is 38.9 Å². The normalized spacial score (nSPS) is 12.8. The van der Waals surface area contributed by atoms with Gasteiger partial charge in [-0.15, -0.1) is 22.9 Å². The molecule has 0 aliphatic carbocycles. The zero-order valence-electron chi connectivity index (χ0n) is 8.51. The summed E-state index contributed by atoms with van der Waals surface area (Å²) >= 11 is 11.2. The molecular formula is C12H9BrClFS. The molecule has 0 radical (unpaired) electrons. The van der Waals surface area contributed by atoms with Crippen molar-refractivity contribution in [2.75, 3.05) is 0 Å². The lowest BCUT2D eigenvalue weighted by molar-refractivity contribution is 0.603. The quantitative estimate of drug-likeness (QED) is 0.660. The topological polar surface area (TPSA) is 0 Å². The first-order valence-electron chi connectivity index (χ1n) is 4.73. The third kappa shape index (κ3) is 2.17. The van der Waals surface area contributed by atoms with Gasteiger partial charge in [0.2, 0.25) is 0 Å². The van der Waals surface area contributed by atoms with Crippen molar-refractivity contribution in [2.24, 2.45) is 0 Å². The van der Waals surface area contributed by atoms with Crippen molar-refractivity contribution in [3.05, 3.63) is 55.9 Å². The summed E-state index contributed by atoms with van der Waals surface area (Å²) in [6.45, 7) is 1.74. The fourth-order valence-corrected chi connectivity index (χ4v) is 3.66. The largest absolute Gasteiger partial charge is 0.206 e. The lowest BCUT2D eigenvalue weighted by Gasteiger charge is -2.11. The van der Waals surface area contributed by atoms with Crippen LogP contribution in [0.3, 0.4) is 0 Å². The Morgan fingerprint density at radius 2 is 2.12 bits per heavy atom. The number of halogens is 3. The van der Waals surface area contributed by atoms with Gasteiger partial charge in [0.25, 0.3) is 0 Å². The molecule has 0 N–H and O–H groups in total. The molecule has 1 aromatic carbocycles. The molecule has 1 heterocycles. The average molecular weight is 320 g/mol. The second-order valence-electron chi connectivity index (χ2n) is 3.47. The van der Waals surface area contributed by atoms with Crippen molar-refractivity contribution >= 4 is 38.9 Å². The monoisotopic (exact) mass is 318 g/mol. The van der Waals surface area contributed by atoms with Gasteiger partial charge in [0.1, 0.15) is 5.82 Å². The molecule has 4 heteroatoms. The third-order valence-electron chi connectivity index (χ3n) is 2.37. The van der Waals surface area contributed by atoms with Gasteiger partial charge in [0.05, 0.1) is 5.38 Å². The Labute approximate surface area is 111 Å². The molecule has 0 saturated carbocycles. The van der Waals surface area contributed by atoms with E-state index < -0.39 is 5.38 Å². The summed E-state index contributed by atoms with van der Waals surface area (Å²) in [5.41, 5.74) is 1.15. The summed E-state index contributed by atoms with van der Waals surface area (Å²) in [6, 6.07) is 7.21. The van der Waals surface area contributed by atoms with Crippen molar-refractivity contribution in [3.63, 3.8) is 0 Å². The Morgan fingerprint density at radius 3 is 2.75 bits per heavy atom. The number of hydrogen-bond donors (Lipinski definition) is 0. The molecule has 1 atom stereocenters. The van der Waals surface area contributed by atoms with E-state index in [0.29, 0.717) is 11.1 Å². The molecule has 0 amide bonds. The molecular weight excluding hydrogens is 311 g/mol. The predicted molar refractivity (Wildman–Crippen MR) is 70.9 cm³/mol. The zero-order chi connectivity index (χ0) is 11.7. The minimum atomic E-state index is -0.436. The molecule has 0 aliphatic heterocycles. The molecule has 0 fully saturated rings. The first-order valence-corrected chi connectivity index (χ1v) is 6.84. The van der Waals surface area contributed by atoms with E-state index >= 15 is 0 Å². The number of thiophene rings is 1. The van der Waals surface area contributed by atoms with Gasteiger partial charge in [-0.3, -0.25) is 0 Å². The predicted octanol–water partition coefficient (Wildman–Crippen LogP) is 5.29. The van der Waals surface area contributed by atoms with E-state index in [2.05, 4.69) is 15.9 Å². The standard InChI is InChI=1S/C12H9BrClFS/c1-7-3-2-4-8(11(7)15)10(14)12-9(13)5-6-16-12/h2-6,10H,1H3. The van der Waals surface area contributed by atoms with Crippen LogP contribution < -0.4 is 0 Å². The maximum Gasteiger partial charge on any atom is 0.131 e. The fraction of sp³-hybridized carbons (Fsp3) is 0.167. The summed E-state index contributed by atoms with van der Waals surface area (Å²) in [7, 11) is 0. The molecule has 1 unspecified atom stereocenters. The maximum atomic E-state index is 13.9. The third-order valence-corrected chi connectivity index (χ3v) is 4.89. The first-order chi connectivity index (χ1) is 7.61. The lowest BCUT2D eigenvalue weighted by atomic mass is 10.1. The minimum Gasteiger partial charge on any atom is -0.206 e. The Balaban J connectivity index is 2.46. The van der Waals surface area contributed by atoms with Crippen LogP contribution in [0.5, 0.6) is 0 Å². The Morgan fingerprint density at radius 1 is 1.38 bits per heavy atom. The second kappa shape index (κ2) is 4.86. The highest BCUT2D eigenvalue weighted by molar-refractivity contribution is 9.10. The number of alkyl halides is 1. The van der Waals surface area contributed by atoms with Crippen LogP contribution in [0.15, 0.2) is 34.1 Å². The van der Waals surface area contributed by atoms with Gasteiger partial charge in [0, 0.05) is 14.9 Å². The van der Waals surface area contributed by atoms with E-state index in [4.69, 9.17) is 11.6 Å². The molecule has 16 heavy (non-hydrogen) atoms. The van der Waals surface area contributed by atoms with E-state index in [-0.39, 0.29) is 5.82 Å². The fourth-order valence-electron chi connectivity index (χ4n) is 1.49. The van der Waals surface area contributed by atoms with E-state index in [1.807, 2.05) is 17.5 Å². The van der Waals surface area contributed by atoms with E-state index in [9.17, 15) is 4.39 Å². The van der Waals surface area contributed by atoms with Crippen LogP contribution in [0.2, 0.25) is 0 Å². The number of benzene rings is 1. The number of rotatable bonds is 2. The highest BCUT2D eigenvalue weighted by Crippen LogP contribution is 2.38. The van der Waals surface area contributed by atoms with Crippen LogP contribution in [0, 0.1) is 12.7 Å². The van der Waals surface area contributed by atoms with Crippen molar-refractivity contribution in [1.82, 2.24) is 0 Å². The smallest absolute Gasteiger partial charge is 0.131 e. The highest BCUT2D eigenvalue weighted by Gasteiger charge is 2.19. The Bertz CT molecular complexity index is 509. The SMILES string of the molecule is Cc1cccc(C(Cl)c2sccc2Br)c1F. The van der Waals surface area contributed by atoms with Crippen LogP contribution in [0.4, 0.5) is 4.39 Å². The first kappa shape index (κ1) is 12.1. The minimum absolute atomic E-state index is 0.220. The van der Waals surface area contributed by atoms with Gasteiger partial charge < -0.3 is 0 Å². The van der Waals surface area contributed by atoms with Crippen LogP contribution in [-0.2, 0) is 0 Å². The zero-order valence-corrected chi connectivity index (χ0v) is 11.7. The van der Waals surface area contributed by atoms with E-state index in [1.165, 1.54) is 11.3 Å². The number of hydrogen-bond acceptors (Lipinski definition) is 1. The van der Waals surface area contributed by atoms with Crippen LogP contribution in [-0.4, -0.2) is 0 Å². The summed E-state index contributed by atoms with van der Waals surface area (Å²) in [5.74, 6) is -0.220. The van der Waals surface area contributed by atoms with E-state index in [1.54, 1.807) is 19.1 Å².